The molecule has 1 rings (SSSR count). The first-order valence-corrected chi connectivity index (χ1v) is 4.50. The van der Waals surface area contributed by atoms with Crippen molar-refractivity contribution in [2.24, 2.45) is 0 Å². The maximum Gasteiger partial charge on any atom is 0.253 e. The highest BCUT2D eigenvalue weighted by Gasteiger charge is 2.20. The lowest BCUT2D eigenvalue weighted by Crippen LogP contribution is -2.10. The van der Waals surface area contributed by atoms with Gasteiger partial charge in [-0.25, -0.2) is 0 Å². The second-order valence-electron chi connectivity index (χ2n) is 2.57. The SMILES string of the molecule is C=C(Br)CNc1c(F)c(F)nc(F)c1F. The summed E-state index contributed by atoms with van der Waals surface area (Å²) in [5.41, 5.74) is -0.902. The van der Waals surface area contributed by atoms with Crippen molar-refractivity contribution in [1.29, 1.82) is 0 Å². The van der Waals surface area contributed by atoms with Gasteiger partial charge in [0.1, 0.15) is 5.69 Å². The summed E-state index contributed by atoms with van der Waals surface area (Å²) < 4.78 is 51.4. The number of pyridine rings is 1. The normalized spacial score (nSPS) is 10.2. The van der Waals surface area contributed by atoms with Gasteiger partial charge in [0.05, 0.1) is 0 Å². The molecule has 0 aromatic carbocycles. The third-order valence-corrected chi connectivity index (χ3v) is 1.73. The third kappa shape index (κ3) is 2.68. The first kappa shape index (κ1) is 12.0. The maximum atomic E-state index is 12.9. The van der Waals surface area contributed by atoms with Crippen molar-refractivity contribution in [2.45, 2.75) is 0 Å². The Morgan fingerprint density at radius 2 is 1.67 bits per heavy atom. The summed E-state index contributed by atoms with van der Waals surface area (Å²) >= 11 is 2.91. The van der Waals surface area contributed by atoms with E-state index in [0.29, 0.717) is 4.48 Å². The van der Waals surface area contributed by atoms with Crippen LogP contribution in [0.25, 0.3) is 0 Å². The van der Waals surface area contributed by atoms with Crippen LogP contribution in [0.2, 0.25) is 0 Å². The Labute approximate surface area is 91.1 Å². The van der Waals surface area contributed by atoms with Crippen molar-refractivity contribution in [1.82, 2.24) is 4.98 Å². The van der Waals surface area contributed by atoms with E-state index in [0.717, 1.165) is 0 Å². The van der Waals surface area contributed by atoms with Gasteiger partial charge < -0.3 is 5.32 Å². The predicted octanol–water partition coefficient (Wildman–Crippen LogP) is 2.96. The number of hydrogen-bond donors (Lipinski definition) is 1. The van der Waals surface area contributed by atoms with Gasteiger partial charge in [-0.3, -0.25) is 0 Å². The van der Waals surface area contributed by atoms with Crippen LogP contribution >= 0.6 is 15.9 Å². The fourth-order valence-corrected chi connectivity index (χ4v) is 0.967. The zero-order chi connectivity index (χ0) is 11.6. The Morgan fingerprint density at radius 1 is 1.20 bits per heavy atom. The highest BCUT2D eigenvalue weighted by Crippen LogP contribution is 2.22. The van der Waals surface area contributed by atoms with Gasteiger partial charge in [-0.1, -0.05) is 22.5 Å². The molecule has 1 heterocycles. The second-order valence-corrected chi connectivity index (χ2v) is 3.69. The topological polar surface area (TPSA) is 24.9 Å². The molecule has 82 valence electrons. The number of halogens is 5. The summed E-state index contributed by atoms with van der Waals surface area (Å²) in [6.45, 7) is 3.31. The Balaban J connectivity index is 3.09. The minimum absolute atomic E-state index is 0.0727. The minimum Gasteiger partial charge on any atom is -0.375 e. The summed E-state index contributed by atoms with van der Waals surface area (Å²) in [4.78, 5) is 2.40. The van der Waals surface area contributed by atoms with E-state index in [1.54, 1.807) is 0 Å². The first-order chi connectivity index (χ1) is 6.93. The smallest absolute Gasteiger partial charge is 0.253 e. The van der Waals surface area contributed by atoms with Gasteiger partial charge in [-0.05, 0) is 0 Å². The molecule has 1 aromatic heterocycles. The molecule has 0 saturated carbocycles. The van der Waals surface area contributed by atoms with E-state index in [-0.39, 0.29) is 6.54 Å². The van der Waals surface area contributed by atoms with E-state index >= 15 is 0 Å². The van der Waals surface area contributed by atoms with Crippen LogP contribution < -0.4 is 5.32 Å². The van der Waals surface area contributed by atoms with Crippen molar-refractivity contribution in [3.05, 3.63) is 34.6 Å². The molecule has 7 heteroatoms. The zero-order valence-electron chi connectivity index (χ0n) is 7.25. The summed E-state index contributed by atoms with van der Waals surface area (Å²) in [6, 6.07) is 0. The molecule has 0 amide bonds. The quantitative estimate of drug-likeness (QED) is 0.682. The molecule has 0 saturated heterocycles. The van der Waals surface area contributed by atoms with Gasteiger partial charge in [-0.2, -0.15) is 22.5 Å². The van der Waals surface area contributed by atoms with E-state index in [1.807, 2.05) is 0 Å². The van der Waals surface area contributed by atoms with Gasteiger partial charge >= 0.3 is 0 Å². The van der Waals surface area contributed by atoms with Crippen molar-refractivity contribution in [3.63, 3.8) is 0 Å². The Hall–Kier alpha value is -1.11. The van der Waals surface area contributed by atoms with Crippen molar-refractivity contribution >= 4 is 21.6 Å². The molecule has 0 spiro atoms. The second kappa shape index (κ2) is 4.61. The number of aromatic nitrogens is 1. The molecule has 0 aliphatic heterocycles. The molecule has 1 N–H and O–H groups in total. The van der Waals surface area contributed by atoms with Gasteiger partial charge in [0, 0.05) is 11.0 Å². The standard InChI is InChI=1S/C8H5BrF4N2/c1-3(9)2-14-6-4(10)7(12)15-8(13)5(6)11/h1-2H2,(H,14,15). The molecule has 0 radical (unpaired) electrons. The van der Waals surface area contributed by atoms with E-state index < -0.39 is 29.2 Å². The van der Waals surface area contributed by atoms with Crippen LogP contribution in [0.15, 0.2) is 11.1 Å². The van der Waals surface area contributed by atoms with Gasteiger partial charge in [0.2, 0.25) is 11.6 Å². The van der Waals surface area contributed by atoms with Crippen LogP contribution in [0.3, 0.4) is 0 Å². The molecular weight excluding hydrogens is 280 g/mol. The van der Waals surface area contributed by atoms with Crippen LogP contribution in [-0.2, 0) is 0 Å². The lowest BCUT2D eigenvalue weighted by Gasteiger charge is -2.08. The monoisotopic (exact) mass is 284 g/mol. The van der Waals surface area contributed by atoms with Gasteiger partial charge in [0.25, 0.3) is 11.9 Å². The molecular formula is C8H5BrF4N2. The number of nitrogens with zero attached hydrogens (tertiary/aromatic N) is 1. The van der Waals surface area contributed by atoms with Crippen LogP contribution in [0.4, 0.5) is 23.2 Å². The summed E-state index contributed by atoms with van der Waals surface area (Å²) in [5.74, 6) is -6.53. The first-order valence-electron chi connectivity index (χ1n) is 3.70. The third-order valence-electron chi connectivity index (χ3n) is 1.45. The van der Waals surface area contributed by atoms with Crippen LogP contribution in [0, 0.1) is 23.5 Å². The molecule has 1 aromatic rings. The predicted molar refractivity (Wildman–Crippen MR) is 50.6 cm³/mol. The van der Waals surface area contributed by atoms with E-state index in [9.17, 15) is 17.6 Å². The van der Waals surface area contributed by atoms with Crippen molar-refractivity contribution < 1.29 is 17.6 Å². The maximum absolute atomic E-state index is 12.9. The molecule has 0 atom stereocenters. The van der Waals surface area contributed by atoms with Gasteiger partial charge in [-0.15, -0.1) is 0 Å². The number of rotatable bonds is 3. The van der Waals surface area contributed by atoms with E-state index in [4.69, 9.17) is 0 Å². The average Bonchev–Trinajstić information content (AvgIpc) is 2.14. The van der Waals surface area contributed by atoms with E-state index in [1.165, 1.54) is 0 Å². The largest absolute Gasteiger partial charge is 0.375 e. The summed E-state index contributed by atoms with van der Waals surface area (Å²) in [5, 5.41) is 2.15. The van der Waals surface area contributed by atoms with Crippen LogP contribution in [-0.4, -0.2) is 11.5 Å². The van der Waals surface area contributed by atoms with Crippen LogP contribution in [0.1, 0.15) is 0 Å². The lowest BCUT2D eigenvalue weighted by atomic mass is 10.3. The molecule has 0 aliphatic rings. The van der Waals surface area contributed by atoms with Gasteiger partial charge in [0.15, 0.2) is 0 Å². The van der Waals surface area contributed by atoms with Crippen LogP contribution in [0.5, 0.6) is 0 Å². The van der Waals surface area contributed by atoms with Crippen molar-refractivity contribution in [2.75, 3.05) is 11.9 Å². The highest BCUT2D eigenvalue weighted by molar-refractivity contribution is 9.11. The zero-order valence-corrected chi connectivity index (χ0v) is 8.84. The molecule has 0 aliphatic carbocycles. The number of anilines is 1. The Morgan fingerprint density at radius 3 is 2.07 bits per heavy atom. The van der Waals surface area contributed by atoms with Crippen molar-refractivity contribution in [3.8, 4) is 0 Å². The minimum atomic E-state index is -1.70. The Kier molecular flexibility index (Phi) is 3.67. The summed E-state index contributed by atoms with van der Waals surface area (Å²) in [6.07, 6.45) is 0. The summed E-state index contributed by atoms with van der Waals surface area (Å²) in [7, 11) is 0. The molecule has 2 nitrogen and oxygen atoms in total. The average molecular weight is 285 g/mol. The highest BCUT2D eigenvalue weighted by atomic mass is 79.9. The molecule has 0 unspecified atom stereocenters. The lowest BCUT2D eigenvalue weighted by molar-refractivity contribution is 0.411. The van der Waals surface area contributed by atoms with E-state index in [2.05, 4.69) is 32.8 Å². The molecule has 0 bridgehead atoms. The fraction of sp³-hybridized carbons (Fsp3) is 0.125. The Bertz CT molecular complexity index is 382. The fourth-order valence-electron chi connectivity index (χ4n) is 0.826. The number of nitrogens with one attached hydrogen (secondary N) is 1. The molecule has 0 fully saturated rings. The number of hydrogen-bond acceptors (Lipinski definition) is 2. The molecule has 15 heavy (non-hydrogen) atoms.